The van der Waals surface area contributed by atoms with E-state index >= 15 is 0 Å². The molecule has 1 fully saturated rings. The summed E-state index contributed by atoms with van der Waals surface area (Å²) in [5, 5.41) is 2.53. The SMILES string of the molecule is COC(=O)c1cccc(OCC(=O)N2CCNC2=O)c1. The van der Waals surface area contributed by atoms with Gasteiger partial charge >= 0.3 is 12.0 Å². The Balaban J connectivity index is 1.95. The Labute approximate surface area is 115 Å². The van der Waals surface area contributed by atoms with E-state index in [4.69, 9.17) is 4.74 Å². The van der Waals surface area contributed by atoms with Crippen LogP contribution in [0.15, 0.2) is 24.3 Å². The number of rotatable bonds is 4. The number of esters is 1. The number of nitrogens with one attached hydrogen (secondary N) is 1. The van der Waals surface area contributed by atoms with E-state index in [1.807, 2.05) is 0 Å². The number of ether oxygens (including phenoxy) is 2. The molecule has 1 heterocycles. The van der Waals surface area contributed by atoms with Gasteiger partial charge in [0, 0.05) is 13.1 Å². The molecule has 7 nitrogen and oxygen atoms in total. The fourth-order valence-corrected chi connectivity index (χ4v) is 1.76. The van der Waals surface area contributed by atoms with Crippen molar-refractivity contribution in [1.82, 2.24) is 10.2 Å². The molecule has 1 aliphatic rings. The fourth-order valence-electron chi connectivity index (χ4n) is 1.76. The van der Waals surface area contributed by atoms with Gasteiger partial charge in [-0.25, -0.2) is 9.59 Å². The summed E-state index contributed by atoms with van der Waals surface area (Å²) in [5.74, 6) is -0.551. The van der Waals surface area contributed by atoms with Crippen LogP contribution < -0.4 is 10.1 Å². The highest BCUT2D eigenvalue weighted by atomic mass is 16.5. The predicted octanol–water partition coefficient (Wildman–Crippen LogP) is 0.404. The lowest BCUT2D eigenvalue weighted by molar-refractivity contribution is -0.129. The summed E-state index contributed by atoms with van der Waals surface area (Å²) in [4.78, 5) is 35.5. The molecule has 0 saturated carbocycles. The van der Waals surface area contributed by atoms with Gasteiger partial charge < -0.3 is 14.8 Å². The van der Waals surface area contributed by atoms with E-state index < -0.39 is 17.9 Å². The van der Waals surface area contributed by atoms with Crippen molar-refractivity contribution in [3.8, 4) is 5.75 Å². The average Bonchev–Trinajstić information content (AvgIpc) is 2.90. The van der Waals surface area contributed by atoms with E-state index in [1.165, 1.54) is 13.2 Å². The highest BCUT2D eigenvalue weighted by molar-refractivity contribution is 5.96. The minimum absolute atomic E-state index is 0.266. The Bertz CT molecular complexity index is 543. The number of hydrogen-bond acceptors (Lipinski definition) is 5. The molecule has 0 aliphatic carbocycles. The van der Waals surface area contributed by atoms with Gasteiger partial charge in [0.2, 0.25) is 0 Å². The van der Waals surface area contributed by atoms with Crippen LogP contribution in [0.5, 0.6) is 5.75 Å². The number of hydrogen-bond donors (Lipinski definition) is 1. The maximum Gasteiger partial charge on any atom is 0.337 e. The van der Waals surface area contributed by atoms with Crippen LogP contribution in [0.25, 0.3) is 0 Å². The third kappa shape index (κ3) is 3.05. The lowest BCUT2D eigenvalue weighted by atomic mass is 10.2. The molecule has 3 amide bonds. The Kier molecular flexibility index (Phi) is 4.19. The first-order valence-electron chi connectivity index (χ1n) is 6.01. The van der Waals surface area contributed by atoms with Crippen LogP contribution in [0, 0.1) is 0 Å². The number of imide groups is 1. The molecule has 1 aromatic carbocycles. The normalized spacial score (nSPS) is 13.8. The molecule has 0 spiro atoms. The van der Waals surface area contributed by atoms with Gasteiger partial charge in [-0.3, -0.25) is 9.69 Å². The molecule has 1 saturated heterocycles. The molecule has 0 unspecified atom stereocenters. The molecule has 0 aromatic heterocycles. The first-order chi connectivity index (χ1) is 9.61. The highest BCUT2D eigenvalue weighted by Crippen LogP contribution is 2.14. The van der Waals surface area contributed by atoms with Gasteiger partial charge in [-0.15, -0.1) is 0 Å². The Morgan fingerprint density at radius 1 is 1.40 bits per heavy atom. The minimum atomic E-state index is -0.485. The number of methoxy groups -OCH3 is 1. The monoisotopic (exact) mass is 278 g/mol. The lowest BCUT2D eigenvalue weighted by Gasteiger charge is -2.13. The average molecular weight is 278 g/mol. The van der Waals surface area contributed by atoms with Crippen molar-refractivity contribution in [2.45, 2.75) is 0 Å². The van der Waals surface area contributed by atoms with E-state index in [0.717, 1.165) is 4.90 Å². The summed E-state index contributed by atoms with van der Waals surface area (Å²) in [6.45, 7) is 0.518. The summed E-state index contributed by atoms with van der Waals surface area (Å²) in [6.07, 6.45) is 0. The third-order valence-corrected chi connectivity index (χ3v) is 2.78. The van der Waals surface area contributed by atoms with Crippen molar-refractivity contribution in [3.63, 3.8) is 0 Å². The van der Waals surface area contributed by atoms with Crippen LogP contribution in [0.1, 0.15) is 10.4 Å². The predicted molar refractivity (Wildman–Crippen MR) is 68.4 cm³/mol. The number of urea groups is 1. The van der Waals surface area contributed by atoms with Gasteiger partial charge in [-0.1, -0.05) is 6.07 Å². The molecule has 0 radical (unpaired) electrons. The van der Waals surface area contributed by atoms with Crippen molar-refractivity contribution in [2.75, 3.05) is 26.8 Å². The zero-order valence-electron chi connectivity index (χ0n) is 10.9. The smallest absolute Gasteiger partial charge is 0.337 e. The first-order valence-corrected chi connectivity index (χ1v) is 6.01. The molecule has 1 aliphatic heterocycles. The maximum absolute atomic E-state index is 11.8. The molecular formula is C13H14N2O5. The third-order valence-electron chi connectivity index (χ3n) is 2.78. The van der Waals surface area contributed by atoms with Crippen molar-refractivity contribution in [3.05, 3.63) is 29.8 Å². The van der Waals surface area contributed by atoms with Gasteiger partial charge in [-0.2, -0.15) is 0 Å². The summed E-state index contributed by atoms with van der Waals surface area (Å²) < 4.78 is 9.87. The van der Waals surface area contributed by atoms with Gasteiger partial charge in [-0.05, 0) is 18.2 Å². The van der Waals surface area contributed by atoms with E-state index in [1.54, 1.807) is 18.2 Å². The van der Waals surface area contributed by atoms with Crippen LogP contribution in [0.4, 0.5) is 4.79 Å². The Hall–Kier alpha value is -2.57. The van der Waals surface area contributed by atoms with Crippen LogP contribution in [0.3, 0.4) is 0 Å². The number of carbonyl (C=O) groups excluding carboxylic acids is 3. The van der Waals surface area contributed by atoms with Gasteiger partial charge in [0.1, 0.15) is 5.75 Å². The summed E-state index contributed by atoms with van der Waals surface area (Å²) in [7, 11) is 1.28. The number of benzene rings is 1. The van der Waals surface area contributed by atoms with Crippen molar-refractivity contribution >= 4 is 17.9 Å². The Morgan fingerprint density at radius 3 is 2.85 bits per heavy atom. The van der Waals surface area contributed by atoms with Gasteiger partial charge in [0.15, 0.2) is 6.61 Å². The summed E-state index contributed by atoms with van der Waals surface area (Å²) in [5.41, 5.74) is 0.330. The molecule has 1 N–H and O–H groups in total. The van der Waals surface area contributed by atoms with E-state index in [9.17, 15) is 14.4 Å². The van der Waals surface area contributed by atoms with Crippen LogP contribution in [-0.2, 0) is 9.53 Å². The second-order valence-electron chi connectivity index (χ2n) is 4.09. The topological polar surface area (TPSA) is 84.9 Å². The van der Waals surface area contributed by atoms with Crippen molar-refractivity contribution in [2.24, 2.45) is 0 Å². The summed E-state index contributed by atoms with van der Waals surface area (Å²) >= 11 is 0. The number of carbonyl (C=O) groups is 3. The molecule has 1 aromatic rings. The molecule has 20 heavy (non-hydrogen) atoms. The molecule has 0 bridgehead atoms. The molecule has 7 heteroatoms. The fraction of sp³-hybridized carbons (Fsp3) is 0.308. The van der Waals surface area contributed by atoms with E-state index in [2.05, 4.69) is 10.1 Å². The van der Waals surface area contributed by atoms with E-state index in [0.29, 0.717) is 24.4 Å². The van der Waals surface area contributed by atoms with E-state index in [-0.39, 0.29) is 6.61 Å². The maximum atomic E-state index is 11.8. The van der Waals surface area contributed by atoms with Crippen LogP contribution >= 0.6 is 0 Å². The summed E-state index contributed by atoms with van der Waals surface area (Å²) in [6, 6.07) is 5.87. The van der Waals surface area contributed by atoms with Crippen molar-refractivity contribution in [1.29, 1.82) is 0 Å². The molecule has 0 atom stereocenters. The minimum Gasteiger partial charge on any atom is -0.484 e. The number of nitrogens with zero attached hydrogens (tertiary/aromatic N) is 1. The second-order valence-corrected chi connectivity index (χ2v) is 4.09. The number of amides is 3. The van der Waals surface area contributed by atoms with Crippen LogP contribution in [-0.4, -0.2) is 49.6 Å². The zero-order chi connectivity index (χ0) is 14.5. The lowest BCUT2D eigenvalue weighted by Crippen LogP contribution is -2.37. The first kappa shape index (κ1) is 13.9. The second kappa shape index (κ2) is 6.05. The molecule has 2 rings (SSSR count). The molecule has 106 valence electrons. The van der Waals surface area contributed by atoms with Gasteiger partial charge in [0.05, 0.1) is 12.7 Å². The highest BCUT2D eigenvalue weighted by Gasteiger charge is 2.26. The van der Waals surface area contributed by atoms with Gasteiger partial charge in [0.25, 0.3) is 5.91 Å². The Morgan fingerprint density at radius 2 is 2.20 bits per heavy atom. The zero-order valence-corrected chi connectivity index (χ0v) is 10.9. The van der Waals surface area contributed by atoms with Crippen LogP contribution in [0.2, 0.25) is 0 Å². The van der Waals surface area contributed by atoms with Crippen molar-refractivity contribution < 1.29 is 23.9 Å². The quantitative estimate of drug-likeness (QED) is 0.806. The molecular weight excluding hydrogens is 264 g/mol. The standard InChI is InChI=1S/C13H14N2O5/c1-19-12(17)9-3-2-4-10(7-9)20-8-11(16)15-6-5-14-13(15)18/h2-4,7H,5-6,8H2,1H3,(H,14,18). The largest absolute Gasteiger partial charge is 0.484 e.